The maximum absolute atomic E-state index is 5.45. The van der Waals surface area contributed by atoms with Gasteiger partial charge in [-0.25, -0.2) is 0 Å². The van der Waals surface area contributed by atoms with Crippen LogP contribution >= 0.6 is 33.9 Å². The number of hydrogen-bond donors (Lipinski definition) is 0. The van der Waals surface area contributed by atoms with E-state index in [0.717, 1.165) is 12.3 Å². The maximum Gasteiger partial charge on any atom is 0.266 e. The second-order valence-electron chi connectivity index (χ2n) is 3.62. The fourth-order valence-corrected chi connectivity index (χ4v) is 3.28. The van der Waals surface area contributed by atoms with Gasteiger partial charge < -0.3 is 4.74 Å². The molecule has 1 heterocycles. The van der Waals surface area contributed by atoms with E-state index in [9.17, 15) is 0 Å². The summed E-state index contributed by atoms with van der Waals surface area (Å²) in [5.41, 5.74) is 1.25. The lowest BCUT2D eigenvalue weighted by Crippen LogP contribution is -2.35. The second-order valence-corrected chi connectivity index (χ2v) is 5.94. The minimum atomic E-state index is 0.982. The van der Waals surface area contributed by atoms with Crippen LogP contribution in [0.5, 0.6) is 5.75 Å². The first-order valence-corrected chi connectivity index (χ1v) is 7.64. The number of aromatic nitrogens is 1. The highest BCUT2D eigenvalue weighted by atomic mass is 127. The third-order valence-corrected chi connectivity index (χ3v) is 4.43. The highest BCUT2D eigenvalue weighted by Gasteiger charge is 2.20. The summed E-state index contributed by atoms with van der Waals surface area (Å²) in [6.45, 7) is 3.26. The number of para-hydroxylation sites is 1. The van der Waals surface area contributed by atoms with E-state index in [1.165, 1.54) is 26.1 Å². The van der Waals surface area contributed by atoms with Crippen LogP contribution in [-0.4, -0.2) is 11.5 Å². The highest BCUT2D eigenvalue weighted by Crippen LogP contribution is 2.27. The Kier molecular flexibility index (Phi) is 4.02. The molecule has 16 heavy (non-hydrogen) atoms. The van der Waals surface area contributed by atoms with Crippen molar-refractivity contribution in [2.45, 2.75) is 19.9 Å². The molecule has 2 aromatic rings. The molecule has 0 amide bonds. The van der Waals surface area contributed by atoms with Gasteiger partial charge in [0.1, 0.15) is 4.70 Å². The predicted molar refractivity (Wildman–Crippen MR) is 76.8 cm³/mol. The average molecular weight is 348 g/mol. The van der Waals surface area contributed by atoms with E-state index in [1.807, 2.05) is 17.4 Å². The van der Waals surface area contributed by atoms with Gasteiger partial charge in [-0.2, -0.15) is 4.57 Å². The minimum Gasteiger partial charge on any atom is -0.490 e. The standard InChI is InChI=1S/C12H15INOS/c1-9-14(8-4-7-13)12-10(15-2)5-3-6-11(12)16-9/h3,5-6H,4,7-8H2,1-2H3/q+1. The Morgan fingerprint density at radius 1 is 1.44 bits per heavy atom. The van der Waals surface area contributed by atoms with Crippen LogP contribution in [0.4, 0.5) is 0 Å². The maximum atomic E-state index is 5.45. The third-order valence-electron chi connectivity index (χ3n) is 2.60. The molecule has 1 aromatic heterocycles. The molecular formula is C12H15INOS+. The molecule has 2 rings (SSSR count). The molecule has 0 aliphatic heterocycles. The van der Waals surface area contributed by atoms with Gasteiger partial charge in [0.15, 0.2) is 12.3 Å². The van der Waals surface area contributed by atoms with Crippen molar-refractivity contribution in [3.05, 3.63) is 23.2 Å². The zero-order valence-corrected chi connectivity index (χ0v) is 12.5. The number of methoxy groups -OCH3 is 1. The van der Waals surface area contributed by atoms with Crippen LogP contribution in [-0.2, 0) is 6.54 Å². The Morgan fingerprint density at radius 2 is 2.25 bits per heavy atom. The van der Waals surface area contributed by atoms with Gasteiger partial charge in [0.05, 0.1) is 7.11 Å². The summed E-state index contributed by atoms with van der Waals surface area (Å²) in [5, 5.41) is 1.35. The molecule has 0 N–H and O–H groups in total. The van der Waals surface area contributed by atoms with Crippen LogP contribution in [0.25, 0.3) is 10.2 Å². The first-order valence-electron chi connectivity index (χ1n) is 5.30. The molecule has 86 valence electrons. The average Bonchev–Trinajstić information content (AvgIpc) is 2.62. The molecule has 0 fully saturated rings. The lowest BCUT2D eigenvalue weighted by atomic mass is 10.3. The van der Waals surface area contributed by atoms with Gasteiger partial charge in [0, 0.05) is 17.8 Å². The van der Waals surface area contributed by atoms with Crippen molar-refractivity contribution in [1.82, 2.24) is 0 Å². The number of fused-ring (bicyclic) bond motifs is 1. The van der Waals surface area contributed by atoms with Crippen molar-refractivity contribution in [2.75, 3.05) is 11.5 Å². The number of thiazole rings is 1. The molecular weight excluding hydrogens is 333 g/mol. The van der Waals surface area contributed by atoms with Crippen molar-refractivity contribution in [3.63, 3.8) is 0 Å². The molecule has 0 saturated carbocycles. The molecule has 0 radical (unpaired) electrons. The fraction of sp³-hybridized carbons (Fsp3) is 0.417. The van der Waals surface area contributed by atoms with E-state index in [0.29, 0.717) is 0 Å². The second kappa shape index (κ2) is 5.31. The van der Waals surface area contributed by atoms with Gasteiger partial charge in [-0.05, 0) is 12.1 Å². The molecule has 2 nitrogen and oxygen atoms in total. The molecule has 4 heteroatoms. The largest absolute Gasteiger partial charge is 0.490 e. The summed E-state index contributed by atoms with van der Waals surface area (Å²) in [6.07, 6.45) is 1.20. The van der Waals surface area contributed by atoms with Crippen LogP contribution in [0.2, 0.25) is 0 Å². The Bertz CT molecular complexity index is 495. The van der Waals surface area contributed by atoms with E-state index >= 15 is 0 Å². The zero-order valence-electron chi connectivity index (χ0n) is 9.50. The predicted octanol–water partition coefficient (Wildman–Crippen LogP) is 3.33. The molecule has 0 spiro atoms. The van der Waals surface area contributed by atoms with Gasteiger partial charge in [-0.1, -0.05) is 40.0 Å². The first-order chi connectivity index (χ1) is 7.77. The number of rotatable bonds is 4. The number of benzene rings is 1. The van der Waals surface area contributed by atoms with E-state index < -0.39 is 0 Å². The summed E-state index contributed by atoms with van der Waals surface area (Å²) in [7, 11) is 1.74. The van der Waals surface area contributed by atoms with Gasteiger partial charge >= 0.3 is 0 Å². The number of nitrogens with zero attached hydrogens (tertiary/aromatic N) is 1. The third kappa shape index (κ3) is 2.18. The molecule has 0 bridgehead atoms. The topological polar surface area (TPSA) is 13.1 Å². The van der Waals surface area contributed by atoms with Crippen LogP contribution in [0.3, 0.4) is 0 Å². The molecule has 0 atom stereocenters. The van der Waals surface area contributed by atoms with Crippen LogP contribution in [0, 0.1) is 6.92 Å². The van der Waals surface area contributed by atoms with Crippen molar-refractivity contribution in [1.29, 1.82) is 0 Å². The molecule has 1 aromatic carbocycles. The van der Waals surface area contributed by atoms with Crippen LogP contribution < -0.4 is 9.30 Å². The summed E-state index contributed by atoms with van der Waals surface area (Å²) >= 11 is 4.26. The fourth-order valence-electron chi connectivity index (χ4n) is 1.87. The van der Waals surface area contributed by atoms with E-state index in [4.69, 9.17) is 4.74 Å². The normalized spacial score (nSPS) is 10.9. The van der Waals surface area contributed by atoms with Gasteiger partial charge in [-0.15, -0.1) is 0 Å². The molecule has 0 unspecified atom stereocenters. The summed E-state index contributed by atoms with van der Waals surface area (Å²) < 4.78 is 10.3. The number of aryl methyl sites for hydroxylation is 2. The van der Waals surface area contributed by atoms with E-state index in [2.05, 4.69) is 46.2 Å². The van der Waals surface area contributed by atoms with Crippen molar-refractivity contribution < 1.29 is 9.30 Å². The Hall–Kier alpha value is -0.360. The van der Waals surface area contributed by atoms with Crippen LogP contribution in [0.15, 0.2) is 18.2 Å². The van der Waals surface area contributed by atoms with Gasteiger partial charge in [0.25, 0.3) is 5.52 Å². The SMILES string of the molecule is COc1cccc2sc(C)[n+](CCCI)c12. The summed E-state index contributed by atoms with van der Waals surface area (Å²) in [5.74, 6) is 0.982. The summed E-state index contributed by atoms with van der Waals surface area (Å²) in [6, 6.07) is 6.25. The van der Waals surface area contributed by atoms with Crippen LogP contribution in [0.1, 0.15) is 11.4 Å². The Balaban J connectivity index is 2.56. The lowest BCUT2D eigenvalue weighted by Gasteiger charge is -2.00. The molecule has 0 aliphatic carbocycles. The quantitative estimate of drug-likeness (QED) is 0.469. The number of alkyl halides is 1. The molecule has 0 saturated heterocycles. The number of hydrogen-bond acceptors (Lipinski definition) is 2. The van der Waals surface area contributed by atoms with Gasteiger partial charge in [-0.3, -0.25) is 0 Å². The smallest absolute Gasteiger partial charge is 0.266 e. The minimum absolute atomic E-state index is 0.982. The number of ether oxygens (including phenoxy) is 1. The first kappa shape index (κ1) is 12.1. The highest BCUT2D eigenvalue weighted by molar-refractivity contribution is 14.1. The zero-order chi connectivity index (χ0) is 11.5. The van der Waals surface area contributed by atoms with Gasteiger partial charge in [0.2, 0.25) is 5.01 Å². The van der Waals surface area contributed by atoms with E-state index in [-0.39, 0.29) is 0 Å². The number of halogens is 1. The Morgan fingerprint density at radius 3 is 2.94 bits per heavy atom. The van der Waals surface area contributed by atoms with Crippen molar-refractivity contribution in [3.8, 4) is 5.75 Å². The Labute approximate surface area is 113 Å². The van der Waals surface area contributed by atoms with Crippen molar-refractivity contribution in [2.24, 2.45) is 0 Å². The lowest BCUT2D eigenvalue weighted by molar-refractivity contribution is -0.672. The van der Waals surface area contributed by atoms with E-state index in [1.54, 1.807) is 7.11 Å². The summed E-state index contributed by atoms with van der Waals surface area (Å²) in [4.78, 5) is 0. The molecule has 0 aliphatic rings. The monoisotopic (exact) mass is 348 g/mol. The van der Waals surface area contributed by atoms with Crippen molar-refractivity contribution >= 4 is 44.1 Å².